The molecule has 3 fully saturated rings. The molecule has 3 aliphatic rings. The zero-order valence-electron chi connectivity index (χ0n) is 17.3. The van der Waals surface area contributed by atoms with Gasteiger partial charge in [0.25, 0.3) is 5.91 Å². The third kappa shape index (κ3) is 6.54. The van der Waals surface area contributed by atoms with Crippen molar-refractivity contribution in [3.05, 3.63) is 11.9 Å². The molecule has 0 aromatic carbocycles. The smallest absolute Gasteiger partial charge is 0.276 e. The van der Waals surface area contributed by atoms with Crippen LogP contribution in [-0.4, -0.2) is 76.5 Å². The number of likely N-dealkylation sites (tertiary alicyclic amines) is 2. The molecule has 1 N–H and O–H groups in total. The van der Waals surface area contributed by atoms with Crippen molar-refractivity contribution in [2.24, 2.45) is 5.92 Å². The molecule has 1 aromatic rings. The lowest BCUT2D eigenvalue weighted by molar-refractivity contribution is 0.0635. The maximum atomic E-state index is 13.0. The van der Waals surface area contributed by atoms with Gasteiger partial charge in [-0.3, -0.25) is 4.79 Å². The van der Waals surface area contributed by atoms with E-state index < -0.39 is 0 Å². The average molecular weight is 447 g/mol. The Morgan fingerprint density at radius 3 is 2.45 bits per heavy atom. The molecule has 3 saturated heterocycles. The van der Waals surface area contributed by atoms with Crippen LogP contribution in [0.2, 0.25) is 0 Å². The standard InChI is InChI=1S/C20H34N6O.2ClH/c27-20(19-16-26(23-22-19)18-7-9-21-10-8-18)25-13-5-6-17(15-25)14-24-11-3-1-2-4-12-24;;/h16-18,21H,1-15H2;2*1H. The highest BCUT2D eigenvalue weighted by molar-refractivity contribution is 5.92. The molecule has 29 heavy (non-hydrogen) atoms. The molecule has 0 radical (unpaired) electrons. The van der Waals surface area contributed by atoms with Gasteiger partial charge in [-0.25, -0.2) is 4.68 Å². The first kappa shape index (κ1) is 24.4. The van der Waals surface area contributed by atoms with Gasteiger partial charge in [-0.2, -0.15) is 0 Å². The topological polar surface area (TPSA) is 66.3 Å². The monoisotopic (exact) mass is 446 g/mol. The molecule has 1 unspecified atom stereocenters. The second-order valence-electron chi connectivity index (χ2n) is 8.54. The summed E-state index contributed by atoms with van der Waals surface area (Å²) in [5.41, 5.74) is 0.518. The second-order valence-corrected chi connectivity index (χ2v) is 8.54. The first-order chi connectivity index (χ1) is 13.3. The zero-order valence-corrected chi connectivity index (χ0v) is 18.9. The summed E-state index contributed by atoms with van der Waals surface area (Å²) in [5.74, 6) is 0.663. The predicted octanol–water partition coefficient (Wildman–Crippen LogP) is 2.77. The highest BCUT2D eigenvalue weighted by Crippen LogP contribution is 2.22. The van der Waals surface area contributed by atoms with Crippen molar-refractivity contribution < 1.29 is 4.79 Å². The maximum absolute atomic E-state index is 13.0. The fraction of sp³-hybridized carbons (Fsp3) is 0.850. The molecule has 3 aliphatic heterocycles. The average Bonchev–Trinajstić information content (AvgIpc) is 3.07. The van der Waals surface area contributed by atoms with E-state index >= 15 is 0 Å². The summed E-state index contributed by atoms with van der Waals surface area (Å²) in [6, 6.07) is 0.373. The van der Waals surface area contributed by atoms with Gasteiger partial charge in [0, 0.05) is 19.6 Å². The van der Waals surface area contributed by atoms with Gasteiger partial charge < -0.3 is 15.1 Å². The van der Waals surface area contributed by atoms with Crippen LogP contribution >= 0.6 is 24.8 Å². The Hall–Kier alpha value is -0.890. The minimum atomic E-state index is 0. The first-order valence-electron chi connectivity index (χ1n) is 10.9. The van der Waals surface area contributed by atoms with Crippen molar-refractivity contribution in [3.63, 3.8) is 0 Å². The number of rotatable bonds is 4. The van der Waals surface area contributed by atoms with Crippen LogP contribution in [-0.2, 0) is 0 Å². The fourth-order valence-electron chi connectivity index (χ4n) is 4.87. The van der Waals surface area contributed by atoms with Gasteiger partial charge in [-0.1, -0.05) is 18.1 Å². The van der Waals surface area contributed by atoms with Crippen molar-refractivity contribution in [1.29, 1.82) is 0 Å². The van der Waals surface area contributed by atoms with Crippen molar-refractivity contribution in [3.8, 4) is 0 Å². The van der Waals surface area contributed by atoms with E-state index in [2.05, 4.69) is 20.5 Å². The molecule has 0 spiro atoms. The second kappa shape index (κ2) is 12.1. The summed E-state index contributed by atoms with van der Waals surface area (Å²) in [6.45, 7) is 7.36. The SMILES string of the molecule is Cl.Cl.O=C(c1cn(C2CCNCC2)nn1)N1CCCC(CN2CCCCCC2)C1. The Morgan fingerprint density at radius 2 is 1.72 bits per heavy atom. The summed E-state index contributed by atoms with van der Waals surface area (Å²) in [4.78, 5) is 17.6. The van der Waals surface area contributed by atoms with Crippen molar-refractivity contribution in [2.75, 3.05) is 45.8 Å². The molecule has 1 aromatic heterocycles. The molecule has 9 heteroatoms. The summed E-state index contributed by atoms with van der Waals surface area (Å²) in [7, 11) is 0. The van der Waals surface area contributed by atoms with Crippen LogP contribution in [0.25, 0.3) is 0 Å². The summed E-state index contributed by atoms with van der Waals surface area (Å²) < 4.78 is 1.91. The quantitative estimate of drug-likeness (QED) is 0.769. The molecular weight excluding hydrogens is 411 g/mol. The number of aromatic nitrogens is 3. The van der Waals surface area contributed by atoms with Gasteiger partial charge in [0.2, 0.25) is 0 Å². The Kier molecular flexibility index (Phi) is 10.2. The molecule has 4 rings (SSSR count). The number of piperidine rings is 2. The predicted molar refractivity (Wildman–Crippen MR) is 119 cm³/mol. The lowest BCUT2D eigenvalue weighted by atomic mass is 9.97. The Balaban J connectivity index is 0.00000150. The lowest BCUT2D eigenvalue weighted by Gasteiger charge is -2.35. The van der Waals surface area contributed by atoms with E-state index in [4.69, 9.17) is 0 Å². The summed E-state index contributed by atoms with van der Waals surface area (Å²) in [5, 5.41) is 11.8. The molecule has 1 amide bonds. The Morgan fingerprint density at radius 1 is 1.00 bits per heavy atom. The van der Waals surface area contributed by atoms with Crippen molar-refractivity contribution in [1.82, 2.24) is 30.1 Å². The van der Waals surface area contributed by atoms with Crippen molar-refractivity contribution >= 4 is 30.7 Å². The molecule has 4 heterocycles. The molecule has 0 aliphatic carbocycles. The van der Waals surface area contributed by atoms with Gasteiger partial charge in [0.1, 0.15) is 0 Å². The van der Waals surface area contributed by atoms with Gasteiger partial charge in [-0.05, 0) is 70.6 Å². The van der Waals surface area contributed by atoms with Gasteiger partial charge in [-0.15, -0.1) is 29.9 Å². The molecule has 0 saturated carbocycles. The Bertz CT molecular complexity index is 614. The summed E-state index contributed by atoms with van der Waals surface area (Å²) in [6.07, 6.45) is 11.7. The van der Waals surface area contributed by atoms with Crippen LogP contribution < -0.4 is 5.32 Å². The van der Waals surface area contributed by atoms with E-state index in [1.54, 1.807) is 0 Å². The van der Waals surface area contributed by atoms with Gasteiger partial charge >= 0.3 is 0 Å². The molecule has 166 valence electrons. The molecular formula is C20H36Cl2N6O. The number of carbonyl (C=O) groups excluding carboxylic acids is 1. The van der Waals surface area contributed by atoms with Crippen LogP contribution in [0.5, 0.6) is 0 Å². The number of carbonyl (C=O) groups is 1. The minimum absolute atomic E-state index is 0. The van der Waals surface area contributed by atoms with E-state index in [0.717, 1.165) is 52.0 Å². The van der Waals surface area contributed by atoms with Crippen LogP contribution in [0.1, 0.15) is 67.9 Å². The van der Waals surface area contributed by atoms with E-state index in [9.17, 15) is 4.79 Å². The van der Waals surface area contributed by atoms with E-state index in [0.29, 0.717) is 17.7 Å². The van der Waals surface area contributed by atoms with Gasteiger partial charge in [0.15, 0.2) is 5.69 Å². The number of halogens is 2. The first-order valence-corrected chi connectivity index (χ1v) is 10.9. The normalized spacial score (nSPS) is 24.3. The third-order valence-electron chi connectivity index (χ3n) is 6.43. The van der Waals surface area contributed by atoms with E-state index in [1.165, 1.54) is 45.2 Å². The minimum Gasteiger partial charge on any atom is -0.337 e. The Labute approximate surface area is 186 Å². The number of amides is 1. The van der Waals surface area contributed by atoms with Crippen LogP contribution in [0.3, 0.4) is 0 Å². The lowest BCUT2D eigenvalue weighted by Crippen LogP contribution is -2.44. The van der Waals surface area contributed by atoms with Crippen LogP contribution in [0.15, 0.2) is 6.20 Å². The number of hydrogen-bond acceptors (Lipinski definition) is 5. The fourth-order valence-corrected chi connectivity index (χ4v) is 4.87. The van der Waals surface area contributed by atoms with E-state index in [-0.39, 0.29) is 30.7 Å². The highest BCUT2D eigenvalue weighted by atomic mass is 35.5. The van der Waals surface area contributed by atoms with Gasteiger partial charge in [0.05, 0.1) is 12.2 Å². The highest BCUT2D eigenvalue weighted by Gasteiger charge is 2.28. The number of hydrogen-bond donors (Lipinski definition) is 1. The largest absolute Gasteiger partial charge is 0.337 e. The third-order valence-corrected chi connectivity index (χ3v) is 6.43. The number of nitrogens with one attached hydrogen (secondary N) is 1. The molecule has 1 atom stereocenters. The summed E-state index contributed by atoms with van der Waals surface area (Å²) >= 11 is 0. The van der Waals surface area contributed by atoms with Crippen LogP contribution in [0.4, 0.5) is 0 Å². The zero-order chi connectivity index (χ0) is 18.5. The maximum Gasteiger partial charge on any atom is 0.276 e. The van der Waals surface area contributed by atoms with Crippen LogP contribution in [0, 0.1) is 5.92 Å². The molecule has 0 bridgehead atoms. The van der Waals surface area contributed by atoms with Crippen molar-refractivity contribution in [2.45, 2.75) is 57.4 Å². The number of nitrogens with zero attached hydrogens (tertiary/aromatic N) is 5. The molecule has 7 nitrogen and oxygen atoms in total. The van der Waals surface area contributed by atoms with E-state index in [1.807, 2.05) is 15.8 Å².